The molecule has 1 fully saturated rings. The van der Waals surface area contributed by atoms with Crippen molar-refractivity contribution in [3.05, 3.63) is 59.2 Å². The summed E-state index contributed by atoms with van der Waals surface area (Å²) in [6.07, 6.45) is 13.3. The average Bonchev–Trinajstić information content (AvgIpc) is 3.33. The first kappa shape index (κ1) is 35.8. The van der Waals surface area contributed by atoms with Crippen LogP contribution in [0.15, 0.2) is 42.5 Å². The molecule has 0 radical (unpaired) electrons. The number of aliphatic carboxylic acids is 1. The van der Waals surface area contributed by atoms with Gasteiger partial charge in [-0.05, 0) is 79.3 Å². The topological polar surface area (TPSA) is 104 Å². The molecule has 1 heterocycles. The molecular formula is C36H54N2O5S. The predicted molar refractivity (Wildman–Crippen MR) is 180 cm³/mol. The highest BCUT2D eigenvalue weighted by atomic mass is 32.2. The fraction of sp³-hybridized carbons (Fsp3) is 0.611. The van der Waals surface area contributed by atoms with Crippen LogP contribution >= 0.6 is 0 Å². The fourth-order valence-electron chi connectivity index (χ4n) is 6.69. The van der Waals surface area contributed by atoms with Crippen LogP contribution in [0, 0.1) is 12.8 Å². The van der Waals surface area contributed by atoms with Crippen molar-refractivity contribution >= 4 is 21.7 Å². The highest BCUT2D eigenvalue weighted by Crippen LogP contribution is 2.35. The van der Waals surface area contributed by atoms with Crippen LogP contribution in [-0.2, 0) is 21.2 Å². The van der Waals surface area contributed by atoms with Crippen LogP contribution in [0.5, 0.6) is 0 Å². The molecule has 0 bridgehead atoms. The number of hydrogen-bond donors (Lipinski definition) is 2. The Morgan fingerprint density at radius 2 is 1.70 bits per heavy atom. The molecule has 2 N–H and O–H groups in total. The minimum atomic E-state index is -3.37. The Kier molecular flexibility index (Phi) is 13.9. The van der Waals surface area contributed by atoms with Crippen molar-refractivity contribution in [1.29, 1.82) is 0 Å². The number of nitrogens with one attached hydrogen (secondary N) is 1. The molecule has 4 atom stereocenters. The third-order valence-corrected chi connectivity index (χ3v) is 10.1. The van der Waals surface area contributed by atoms with E-state index in [1.165, 1.54) is 57.8 Å². The summed E-state index contributed by atoms with van der Waals surface area (Å²) in [5.74, 6) is -1.40. The minimum absolute atomic E-state index is 0.191. The summed E-state index contributed by atoms with van der Waals surface area (Å²) in [6, 6.07) is 13.6. The Morgan fingerprint density at radius 1 is 0.977 bits per heavy atom. The highest BCUT2D eigenvalue weighted by molar-refractivity contribution is 7.90. The third-order valence-electron chi connectivity index (χ3n) is 9.13. The molecule has 0 aromatic heterocycles. The number of hydrogen-bond acceptors (Lipinski definition) is 5. The number of carbonyl (C=O) groups excluding carboxylic acids is 1. The van der Waals surface area contributed by atoms with Gasteiger partial charge in [-0.2, -0.15) is 0 Å². The number of nitrogens with zero attached hydrogens (tertiary/aromatic N) is 1. The van der Waals surface area contributed by atoms with E-state index in [9.17, 15) is 23.1 Å². The van der Waals surface area contributed by atoms with Crippen LogP contribution in [0.2, 0.25) is 0 Å². The number of amides is 1. The minimum Gasteiger partial charge on any atom is -0.480 e. The van der Waals surface area contributed by atoms with E-state index in [0.717, 1.165) is 41.5 Å². The normalized spacial score (nSPS) is 18.7. The number of sulfone groups is 1. The number of carboxylic acids is 1. The molecule has 2 aromatic carbocycles. The number of aryl methyl sites for hydroxylation is 1. The Hall–Kier alpha value is -2.71. The first-order chi connectivity index (χ1) is 20.9. The standard InChI is InChI=1S/C36H54N2O5S/c1-6-8-9-10-14-26(3)23-30-19-18-29(13-7-2)38(30)25-28-17-20-32(33(24-28)31-16-12-11-15-27(31)4)35(39)37-34(36(40)41)21-22-44(5,42)43/h11-12,15-17,20,24,26,29-30,34H,6-10,13-14,18-19,21-23,25H2,1-5H3,(H,37,39)(H,40,41). The second-order valence-corrected chi connectivity index (χ2v) is 15.3. The van der Waals surface area contributed by atoms with Crippen LogP contribution in [0.3, 0.4) is 0 Å². The summed E-state index contributed by atoms with van der Waals surface area (Å²) in [6.45, 7) is 9.73. The van der Waals surface area contributed by atoms with Gasteiger partial charge in [-0.25, -0.2) is 13.2 Å². The summed E-state index contributed by atoms with van der Waals surface area (Å²) >= 11 is 0. The molecule has 244 valence electrons. The van der Waals surface area contributed by atoms with Crippen LogP contribution in [-0.4, -0.2) is 60.4 Å². The van der Waals surface area contributed by atoms with E-state index < -0.39 is 27.8 Å². The second-order valence-electron chi connectivity index (χ2n) is 13.0. The van der Waals surface area contributed by atoms with Crippen molar-refractivity contribution in [1.82, 2.24) is 10.2 Å². The van der Waals surface area contributed by atoms with Crippen molar-refractivity contribution < 1.29 is 23.1 Å². The van der Waals surface area contributed by atoms with Gasteiger partial charge in [0.15, 0.2) is 0 Å². The van der Waals surface area contributed by atoms with Gasteiger partial charge in [0.1, 0.15) is 15.9 Å². The quantitative estimate of drug-likeness (QED) is 0.167. The van der Waals surface area contributed by atoms with E-state index in [1.54, 1.807) is 6.07 Å². The first-order valence-electron chi connectivity index (χ1n) is 16.6. The highest BCUT2D eigenvalue weighted by Gasteiger charge is 2.33. The number of rotatable bonds is 18. The molecule has 1 aliphatic rings. The smallest absolute Gasteiger partial charge is 0.326 e. The monoisotopic (exact) mass is 626 g/mol. The zero-order valence-corrected chi connectivity index (χ0v) is 28.3. The Morgan fingerprint density at radius 3 is 2.36 bits per heavy atom. The zero-order chi connectivity index (χ0) is 32.3. The van der Waals surface area contributed by atoms with Gasteiger partial charge >= 0.3 is 5.97 Å². The largest absolute Gasteiger partial charge is 0.480 e. The molecule has 4 unspecified atom stereocenters. The maximum atomic E-state index is 13.5. The molecule has 44 heavy (non-hydrogen) atoms. The van der Waals surface area contributed by atoms with Gasteiger partial charge in [-0.15, -0.1) is 0 Å². The molecule has 0 spiro atoms. The molecular weight excluding hydrogens is 572 g/mol. The molecule has 1 aliphatic heterocycles. The van der Waals surface area contributed by atoms with Gasteiger partial charge in [0.25, 0.3) is 5.91 Å². The maximum Gasteiger partial charge on any atom is 0.326 e. The zero-order valence-electron chi connectivity index (χ0n) is 27.5. The van der Waals surface area contributed by atoms with Gasteiger partial charge in [0.2, 0.25) is 0 Å². The van der Waals surface area contributed by atoms with Crippen molar-refractivity contribution in [2.24, 2.45) is 5.92 Å². The number of likely N-dealkylation sites (tertiary alicyclic amines) is 1. The maximum absolute atomic E-state index is 13.5. The number of unbranched alkanes of at least 4 members (excludes halogenated alkanes) is 3. The predicted octanol–water partition coefficient (Wildman–Crippen LogP) is 7.41. The van der Waals surface area contributed by atoms with E-state index >= 15 is 0 Å². The Balaban J connectivity index is 1.89. The van der Waals surface area contributed by atoms with Gasteiger partial charge in [0.05, 0.1) is 5.75 Å². The van der Waals surface area contributed by atoms with Crippen LogP contribution in [0.1, 0.15) is 113 Å². The summed E-state index contributed by atoms with van der Waals surface area (Å²) < 4.78 is 23.4. The molecule has 1 amide bonds. The van der Waals surface area contributed by atoms with Gasteiger partial charge in [0, 0.05) is 30.4 Å². The van der Waals surface area contributed by atoms with Gasteiger partial charge < -0.3 is 10.4 Å². The molecule has 2 aromatic rings. The summed E-state index contributed by atoms with van der Waals surface area (Å²) in [5, 5.41) is 12.3. The van der Waals surface area contributed by atoms with Crippen LogP contribution < -0.4 is 5.32 Å². The van der Waals surface area contributed by atoms with E-state index in [4.69, 9.17) is 0 Å². The van der Waals surface area contributed by atoms with E-state index in [2.05, 4.69) is 37.1 Å². The molecule has 3 rings (SSSR count). The summed E-state index contributed by atoms with van der Waals surface area (Å²) in [4.78, 5) is 28.2. The van der Waals surface area contributed by atoms with Crippen LogP contribution in [0.4, 0.5) is 0 Å². The lowest BCUT2D eigenvalue weighted by molar-refractivity contribution is -0.139. The molecule has 0 aliphatic carbocycles. The van der Waals surface area contributed by atoms with Crippen molar-refractivity contribution in [3.63, 3.8) is 0 Å². The molecule has 7 nitrogen and oxygen atoms in total. The van der Waals surface area contributed by atoms with E-state index in [1.807, 2.05) is 37.3 Å². The van der Waals surface area contributed by atoms with E-state index in [0.29, 0.717) is 23.6 Å². The molecule has 1 saturated heterocycles. The van der Waals surface area contributed by atoms with E-state index in [-0.39, 0.29) is 12.2 Å². The fourth-order valence-corrected chi connectivity index (χ4v) is 7.36. The number of carboxylic acid groups (broad SMARTS) is 1. The van der Waals surface area contributed by atoms with Gasteiger partial charge in [-0.3, -0.25) is 9.69 Å². The van der Waals surface area contributed by atoms with Crippen molar-refractivity contribution in [2.75, 3.05) is 12.0 Å². The second kappa shape index (κ2) is 17.1. The lowest BCUT2D eigenvalue weighted by Crippen LogP contribution is -2.42. The SMILES string of the molecule is CCCCCCC(C)CC1CCC(CCC)N1Cc1ccc(C(=O)NC(CCS(C)(=O)=O)C(=O)O)c(-c2ccccc2C)c1. The Labute approximate surface area is 265 Å². The number of carbonyl (C=O) groups is 2. The van der Waals surface area contributed by atoms with Crippen molar-refractivity contribution in [2.45, 2.75) is 123 Å². The first-order valence-corrected chi connectivity index (χ1v) is 18.7. The Bertz CT molecular complexity index is 1340. The molecule has 0 saturated carbocycles. The third kappa shape index (κ3) is 10.7. The van der Waals surface area contributed by atoms with Crippen LogP contribution in [0.25, 0.3) is 11.1 Å². The average molecular weight is 627 g/mol. The molecule has 8 heteroatoms. The van der Waals surface area contributed by atoms with Gasteiger partial charge in [-0.1, -0.05) is 89.6 Å². The van der Waals surface area contributed by atoms with Crippen molar-refractivity contribution in [3.8, 4) is 11.1 Å². The summed E-state index contributed by atoms with van der Waals surface area (Å²) in [5.41, 5.74) is 4.22. The lowest BCUT2D eigenvalue weighted by Gasteiger charge is -2.32. The lowest BCUT2D eigenvalue weighted by atomic mass is 9.92. The number of benzene rings is 2. The summed E-state index contributed by atoms with van der Waals surface area (Å²) in [7, 11) is -3.37.